The van der Waals surface area contributed by atoms with Gasteiger partial charge in [0.2, 0.25) is 5.95 Å². The van der Waals surface area contributed by atoms with Gasteiger partial charge in [-0.1, -0.05) is 31.2 Å². The zero-order valence-electron chi connectivity index (χ0n) is 21.1. The minimum absolute atomic E-state index is 0.0591. The fourth-order valence-corrected chi connectivity index (χ4v) is 8.16. The number of benzene rings is 1. The monoisotopic (exact) mass is 486 g/mol. The van der Waals surface area contributed by atoms with E-state index < -0.39 is 17.8 Å². The van der Waals surface area contributed by atoms with Gasteiger partial charge in [0.25, 0.3) is 0 Å². The quantitative estimate of drug-likeness (QED) is 0.599. The second-order valence-corrected chi connectivity index (χ2v) is 11.9. The highest BCUT2D eigenvalue weighted by Crippen LogP contribution is 2.67. The number of anilines is 1. The first kappa shape index (κ1) is 22.6. The molecule has 7 rings (SSSR count). The molecule has 0 unspecified atom stereocenters. The third kappa shape index (κ3) is 2.77. The van der Waals surface area contributed by atoms with Crippen LogP contribution in [-0.4, -0.2) is 68.6 Å². The number of fused-ring (bicyclic) bond motifs is 2. The van der Waals surface area contributed by atoms with E-state index in [0.29, 0.717) is 18.3 Å². The molecule has 2 aliphatic heterocycles. The molecule has 1 aromatic carbocycles. The van der Waals surface area contributed by atoms with Crippen LogP contribution in [0.1, 0.15) is 44.6 Å². The number of nitrogen functional groups attached to an aromatic ring is 1. The lowest BCUT2D eigenvalue weighted by Gasteiger charge is -2.55. The van der Waals surface area contributed by atoms with Crippen molar-refractivity contribution >= 4 is 22.4 Å². The van der Waals surface area contributed by atoms with Crippen molar-refractivity contribution in [2.24, 2.45) is 11.3 Å². The molecule has 7 nitrogen and oxygen atoms in total. The zero-order valence-corrected chi connectivity index (χ0v) is 21.1. The molecule has 2 aromatic rings. The fraction of sp³-hybridized carbons (Fsp3) is 0.517. The van der Waals surface area contributed by atoms with Crippen LogP contribution in [0.5, 0.6) is 0 Å². The highest BCUT2D eigenvalue weighted by molar-refractivity contribution is 5.85. The first-order chi connectivity index (χ1) is 17.2. The summed E-state index contributed by atoms with van der Waals surface area (Å²) in [6.45, 7) is 2.39. The molecule has 0 radical (unpaired) electrons. The number of nitrogens with two attached hydrogens (primary N) is 1. The molecule has 3 aliphatic carbocycles. The molecule has 1 saturated heterocycles. The van der Waals surface area contributed by atoms with Crippen LogP contribution in [0.25, 0.3) is 16.5 Å². The molecule has 2 fully saturated rings. The molecule has 1 aromatic heterocycles. The predicted molar refractivity (Wildman–Crippen MR) is 139 cm³/mol. The molecule has 5 aliphatic rings. The number of rotatable bonds is 2. The summed E-state index contributed by atoms with van der Waals surface area (Å²) in [7, 11) is 3.94. The summed E-state index contributed by atoms with van der Waals surface area (Å²) in [6.07, 6.45) is 11.4. The Balaban J connectivity index is 1.29. The first-order valence-corrected chi connectivity index (χ1v) is 13.1. The Morgan fingerprint density at radius 3 is 2.81 bits per heavy atom. The number of hydrogen-bond donors (Lipinski definition) is 3. The topological polar surface area (TPSA) is 105 Å². The molecule has 0 amide bonds. The van der Waals surface area contributed by atoms with Crippen molar-refractivity contribution < 1.29 is 14.9 Å². The number of ether oxygens (including phenoxy) is 1. The van der Waals surface area contributed by atoms with E-state index in [9.17, 15) is 10.2 Å². The molecular weight excluding hydrogens is 452 g/mol. The van der Waals surface area contributed by atoms with E-state index in [1.807, 2.05) is 25.1 Å². The number of aliphatic hydroxyl groups is 2. The maximum absolute atomic E-state index is 11.1. The Kier molecular flexibility index (Phi) is 4.56. The molecule has 4 N–H and O–H groups in total. The van der Waals surface area contributed by atoms with Gasteiger partial charge in [-0.15, -0.1) is 0 Å². The molecule has 7 heteroatoms. The van der Waals surface area contributed by atoms with Gasteiger partial charge in [0.05, 0.1) is 22.8 Å². The largest absolute Gasteiger partial charge is 0.388 e. The summed E-state index contributed by atoms with van der Waals surface area (Å²) in [5, 5.41) is 23.0. The Morgan fingerprint density at radius 2 is 2.00 bits per heavy atom. The SMILES string of the molecule is CN(C)[C@H]1C[C@@]23CC[C@@]4(O2)C(=CC[C@]2(C)C(c5ccc6nc(N)ncc6c5)=CC[C@H]24)C=C3[C@@H](O)[C@@H]1O. The van der Waals surface area contributed by atoms with Crippen molar-refractivity contribution in [3.05, 3.63) is 59.3 Å². The number of allylic oxidation sites excluding steroid dienone is 3. The predicted octanol–water partition coefficient (Wildman–Crippen LogP) is 3.24. The van der Waals surface area contributed by atoms with Crippen LogP contribution >= 0.6 is 0 Å². The average Bonchev–Trinajstić information content (AvgIpc) is 3.37. The Morgan fingerprint density at radius 1 is 1.17 bits per heavy atom. The second kappa shape index (κ2) is 7.25. The van der Waals surface area contributed by atoms with E-state index in [0.717, 1.165) is 42.2 Å². The standard InChI is InChI=1S/C29H34N4O3/c1-27-9-8-18-13-20-24(34)25(35)22(33(2)3)14-28(20)10-11-29(18,36-28)23(27)7-5-19(27)16-4-6-21-17(12-16)15-31-26(30)32-21/h4-6,8,12-13,15,22-25,34-35H,7,9-11,14H2,1-3H3,(H2,30,31,32)/t22-,23+,24+,25+,27+,28+,29+/m0/s1. The van der Waals surface area contributed by atoms with Crippen molar-refractivity contribution in [1.82, 2.24) is 14.9 Å². The summed E-state index contributed by atoms with van der Waals surface area (Å²) < 4.78 is 7.22. The zero-order chi connectivity index (χ0) is 25.0. The van der Waals surface area contributed by atoms with E-state index in [-0.39, 0.29) is 17.1 Å². The van der Waals surface area contributed by atoms with E-state index in [1.54, 1.807) is 6.20 Å². The first-order valence-electron chi connectivity index (χ1n) is 13.1. The maximum Gasteiger partial charge on any atom is 0.220 e. The van der Waals surface area contributed by atoms with Crippen LogP contribution in [0.15, 0.2) is 53.8 Å². The van der Waals surface area contributed by atoms with Crippen molar-refractivity contribution in [1.29, 1.82) is 0 Å². The molecule has 2 spiro atoms. The average molecular weight is 487 g/mol. The van der Waals surface area contributed by atoms with Gasteiger partial charge in [0.15, 0.2) is 0 Å². The number of aliphatic hydroxyl groups excluding tert-OH is 2. The Hall–Kier alpha value is -2.58. The fourth-order valence-electron chi connectivity index (χ4n) is 8.16. The lowest BCUT2D eigenvalue weighted by Crippen LogP contribution is -2.61. The highest BCUT2D eigenvalue weighted by atomic mass is 16.5. The molecule has 7 atom stereocenters. The summed E-state index contributed by atoms with van der Waals surface area (Å²) in [6, 6.07) is 6.23. The number of aromatic nitrogens is 2. The third-order valence-corrected chi connectivity index (χ3v) is 10.0. The van der Waals surface area contributed by atoms with Crippen molar-refractivity contribution in [3.63, 3.8) is 0 Å². The van der Waals surface area contributed by atoms with Crippen molar-refractivity contribution in [2.75, 3.05) is 19.8 Å². The molecule has 188 valence electrons. The van der Waals surface area contributed by atoms with Crippen LogP contribution in [0.3, 0.4) is 0 Å². The highest BCUT2D eigenvalue weighted by Gasteiger charge is 2.67. The Bertz CT molecular complexity index is 1380. The van der Waals surface area contributed by atoms with E-state index >= 15 is 0 Å². The van der Waals surface area contributed by atoms with Gasteiger partial charge in [-0.2, -0.15) is 0 Å². The van der Waals surface area contributed by atoms with Crippen LogP contribution in [0, 0.1) is 11.3 Å². The van der Waals surface area contributed by atoms with Crippen molar-refractivity contribution in [2.45, 2.75) is 68.5 Å². The van der Waals surface area contributed by atoms with Gasteiger partial charge in [0.1, 0.15) is 6.10 Å². The van der Waals surface area contributed by atoms with Crippen molar-refractivity contribution in [3.8, 4) is 0 Å². The summed E-state index contributed by atoms with van der Waals surface area (Å²) in [5.74, 6) is 0.609. The minimum atomic E-state index is -0.900. The number of likely N-dealkylation sites (N-methyl/N-ethyl adjacent to an activating group) is 1. The molecular formula is C29H34N4O3. The van der Waals surface area contributed by atoms with Gasteiger partial charge >= 0.3 is 0 Å². The summed E-state index contributed by atoms with van der Waals surface area (Å²) >= 11 is 0. The van der Waals surface area contributed by atoms with Crippen LogP contribution < -0.4 is 5.73 Å². The summed E-state index contributed by atoms with van der Waals surface area (Å²) in [4.78, 5) is 10.6. The van der Waals surface area contributed by atoms with Gasteiger partial charge in [-0.25, -0.2) is 9.97 Å². The van der Waals surface area contributed by atoms with Crippen LogP contribution in [-0.2, 0) is 4.74 Å². The lowest BCUT2D eigenvalue weighted by molar-refractivity contribution is -0.161. The van der Waals surface area contributed by atoms with Gasteiger partial charge in [-0.05, 0) is 80.6 Å². The molecule has 3 heterocycles. The molecule has 1 saturated carbocycles. The van der Waals surface area contributed by atoms with E-state index in [2.05, 4.69) is 47.3 Å². The van der Waals surface area contributed by atoms with Crippen LogP contribution in [0.2, 0.25) is 0 Å². The lowest BCUT2D eigenvalue weighted by atomic mass is 9.58. The number of nitrogens with zero attached hydrogens (tertiary/aromatic N) is 3. The van der Waals surface area contributed by atoms with Gasteiger partial charge in [0, 0.05) is 29.0 Å². The smallest absolute Gasteiger partial charge is 0.220 e. The maximum atomic E-state index is 11.1. The molecule has 36 heavy (non-hydrogen) atoms. The second-order valence-electron chi connectivity index (χ2n) is 11.9. The third-order valence-electron chi connectivity index (χ3n) is 10.0. The Labute approximate surface area is 211 Å². The van der Waals surface area contributed by atoms with Crippen LogP contribution in [0.4, 0.5) is 5.95 Å². The number of hydrogen-bond acceptors (Lipinski definition) is 7. The molecule has 2 bridgehead atoms. The van der Waals surface area contributed by atoms with E-state index in [1.165, 1.54) is 16.7 Å². The summed E-state index contributed by atoms with van der Waals surface area (Å²) in [5.41, 5.74) is 10.3. The van der Waals surface area contributed by atoms with E-state index in [4.69, 9.17) is 10.5 Å². The normalized spacial score (nSPS) is 40.9. The van der Waals surface area contributed by atoms with Gasteiger partial charge in [-0.3, -0.25) is 0 Å². The van der Waals surface area contributed by atoms with Gasteiger partial charge < -0.3 is 25.6 Å². The minimum Gasteiger partial charge on any atom is -0.388 e.